The molecule has 0 spiro atoms. The molecule has 0 N–H and O–H groups in total. The van der Waals surface area contributed by atoms with Crippen LogP contribution in [0.4, 0.5) is 11.4 Å². The molecule has 0 saturated carbocycles. The maximum Gasteiger partial charge on any atom is 0.338 e. The summed E-state index contributed by atoms with van der Waals surface area (Å²) in [5, 5.41) is 11.5. The van der Waals surface area contributed by atoms with Crippen molar-refractivity contribution in [2.45, 2.75) is 45.8 Å². The number of anilines is 1. The van der Waals surface area contributed by atoms with Gasteiger partial charge in [0.15, 0.2) is 4.80 Å². The first-order valence-corrected chi connectivity index (χ1v) is 13.4. The number of ether oxygens (including phenoxy) is 1. The summed E-state index contributed by atoms with van der Waals surface area (Å²) >= 11 is 1.21. The molecule has 3 aromatic rings. The van der Waals surface area contributed by atoms with Gasteiger partial charge >= 0.3 is 5.97 Å². The molecule has 9 nitrogen and oxygen atoms in total. The summed E-state index contributed by atoms with van der Waals surface area (Å²) in [5.74, 6) is -0.514. The van der Waals surface area contributed by atoms with Gasteiger partial charge in [0.1, 0.15) is 0 Å². The molecule has 1 unspecified atom stereocenters. The second kappa shape index (κ2) is 10.4. The lowest BCUT2D eigenvalue weighted by Gasteiger charge is -2.25. The van der Waals surface area contributed by atoms with Crippen LogP contribution in [0.25, 0.3) is 6.08 Å². The minimum absolute atomic E-state index is 0.0382. The fourth-order valence-corrected chi connectivity index (χ4v) is 6.01. The summed E-state index contributed by atoms with van der Waals surface area (Å²) in [7, 11) is 0. The van der Waals surface area contributed by atoms with Crippen molar-refractivity contribution < 1.29 is 14.5 Å². The monoisotopic (exact) mass is 532 g/mol. The summed E-state index contributed by atoms with van der Waals surface area (Å²) in [6.45, 7) is 7.01. The molecule has 0 amide bonds. The lowest BCUT2D eigenvalue weighted by molar-refractivity contribution is -0.384. The van der Waals surface area contributed by atoms with E-state index in [2.05, 4.69) is 9.89 Å². The first-order chi connectivity index (χ1) is 18.2. The molecule has 5 rings (SSSR count). The highest BCUT2D eigenvalue weighted by molar-refractivity contribution is 7.07. The fourth-order valence-electron chi connectivity index (χ4n) is 4.97. The lowest BCUT2D eigenvalue weighted by Crippen LogP contribution is -2.40. The number of allylic oxidation sites excluding steroid dienone is 1. The maximum atomic E-state index is 13.9. The molecule has 1 fully saturated rings. The Balaban J connectivity index is 1.71. The molecule has 0 radical (unpaired) electrons. The van der Waals surface area contributed by atoms with Crippen LogP contribution in [0.2, 0.25) is 0 Å². The highest BCUT2D eigenvalue weighted by Gasteiger charge is 2.33. The molecule has 1 saturated heterocycles. The molecule has 2 aliphatic rings. The van der Waals surface area contributed by atoms with E-state index < -0.39 is 16.9 Å². The first-order valence-electron chi connectivity index (χ1n) is 12.6. The molecular weight excluding hydrogens is 504 g/mol. The number of esters is 1. The summed E-state index contributed by atoms with van der Waals surface area (Å²) in [5.41, 5.74) is 2.68. The lowest BCUT2D eigenvalue weighted by atomic mass is 9.96. The third-order valence-corrected chi connectivity index (χ3v) is 7.64. The van der Waals surface area contributed by atoms with Crippen molar-refractivity contribution in [2.75, 3.05) is 18.0 Å². The van der Waals surface area contributed by atoms with Gasteiger partial charge in [-0.25, -0.2) is 9.79 Å². The standard InChI is InChI=1S/C28H28N4O5S/c1-17(2)37-27(34)24-18(3)29-28-31(25(24)19-9-5-4-6-10-19)26(33)23(38-28)16-20-15-21(32(35)36)11-12-22(20)30-13-7-8-14-30/h4-6,9-12,15-17,25H,7-8,13-14H2,1-3H3. The van der Waals surface area contributed by atoms with Gasteiger partial charge < -0.3 is 9.64 Å². The Labute approximate surface area is 223 Å². The van der Waals surface area contributed by atoms with Gasteiger partial charge in [0.2, 0.25) is 0 Å². The largest absolute Gasteiger partial charge is 0.459 e. The molecule has 38 heavy (non-hydrogen) atoms. The molecule has 1 atom stereocenters. The molecule has 2 aromatic carbocycles. The highest BCUT2D eigenvalue weighted by atomic mass is 32.1. The van der Waals surface area contributed by atoms with E-state index in [0.29, 0.717) is 26.2 Å². The third-order valence-electron chi connectivity index (χ3n) is 6.65. The van der Waals surface area contributed by atoms with E-state index in [4.69, 9.17) is 4.74 Å². The van der Waals surface area contributed by atoms with Gasteiger partial charge in [-0.3, -0.25) is 19.5 Å². The van der Waals surface area contributed by atoms with Crippen molar-refractivity contribution in [2.24, 2.45) is 4.99 Å². The fraction of sp³-hybridized carbons (Fsp3) is 0.321. The minimum atomic E-state index is -0.705. The van der Waals surface area contributed by atoms with E-state index in [1.54, 1.807) is 32.9 Å². The molecule has 0 bridgehead atoms. The number of nitrogens with zero attached hydrogens (tertiary/aromatic N) is 4. The van der Waals surface area contributed by atoms with Gasteiger partial charge in [-0.2, -0.15) is 0 Å². The van der Waals surface area contributed by atoms with E-state index in [0.717, 1.165) is 37.2 Å². The van der Waals surface area contributed by atoms with Crippen molar-refractivity contribution in [3.63, 3.8) is 0 Å². The summed E-state index contributed by atoms with van der Waals surface area (Å²) < 4.78 is 7.45. The van der Waals surface area contributed by atoms with Crippen LogP contribution in [0.5, 0.6) is 0 Å². The summed E-state index contributed by atoms with van der Waals surface area (Å²) in [4.78, 5) is 45.5. The Morgan fingerprint density at radius 1 is 1.18 bits per heavy atom. The normalized spacial score (nSPS) is 17.5. The molecule has 10 heteroatoms. The number of benzene rings is 2. The topological polar surface area (TPSA) is 107 Å². The second-order valence-electron chi connectivity index (χ2n) is 9.64. The molecular formula is C28H28N4O5S. The number of rotatable bonds is 6. The second-order valence-corrected chi connectivity index (χ2v) is 10.7. The Hall–Kier alpha value is -4.05. The van der Waals surface area contributed by atoms with Gasteiger partial charge in [-0.15, -0.1) is 0 Å². The number of hydrogen-bond donors (Lipinski definition) is 0. The van der Waals surface area contributed by atoms with Crippen LogP contribution >= 0.6 is 11.3 Å². The van der Waals surface area contributed by atoms with E-state index in [1.165, 1.54) is 28.0 Å². The molecule has 2 aliphatic heterocycles. The zero-order valence-electron chi connectivity index (χ0n) is 21.4. The van der Waals surface area contributed by atoms with Crippen LogP contribution in [0.3, 0.4) is 0 Å². The van der Waals surface area contributed by atoms with Crippen LogP contribution in [0.1, 0.15) is 50.8 Å². The van der Waals surface area contributed by atoms with Crippen molar-refractivity contribution in [1.82, 2.24) is 4.57 Å². The van der Waals surface area contributed by atoms with Gasteiger partial charge in [-0.1, -0.05) is 41.7 Å². The predicted octanol–water partition coefficient (Wildman–Crippen LogP) is 3.70. The molecule has 196 valence electrons. The van der Waals surface area contributed by atoms with E-state index in [1.807, 2.05) is 30.3 Å². The van der Waals surface area contributed by atoms with Crippen LogP contribution < -0.4 is 19.8 Å². The number of hydrogen-bond acceptors (Lipinski definition) is 8. The van der Waals surface area contributed by atoms with E-state index in [-0.39, 0.29) is 17.4 Å². The Morgan fingerprint density at radius 2 is 1.89 bits per heavy atom. The number of nitro groups is 1. The zero-order chi connectivity index (χ0) is 27.0. The Kier molecular flexibility index (Phi) is 6.98. The average Bonchev–Trinajstić information content (AvgIpc) is 3.52. The summed E-state index contributed by atoms with van der Waals surface area (Å²) in [6, 6.07) is 13.4. The number of fused-ring (bicyclic) bond motifs is 1. The minimum Gasteiger partial charge on any atom is -0.459 e. The number of nitro benzene ring substituents is 1. The molecule has 1 aromatic heterocycles. The number of non-ortho nitro benzene ring substituents is 1. The van der Waals surface area contributed by atoms with Crippen molar-refractivity contribution in [3.8, 4) is 0 Å². The van der Waals surface area contributed by atoms with E-state index in [9.17, 15) is 19.7 Å². The highest BCUT2D eigenvalue weighted by Crippen LogP contribution is 2.31. The van der Waals surface area contributed by atoms with Gasteiger partial charge in [0.25, 0.3) is 11.2 Å². The van der Waals surface area contributed by atoms with Gasteiger partial charge in [0, 0.05) is 36.5 Å². The van der Waals surface area contributed by atoms with Gasteiger partial charge in [-0.05, 0) is 51.3 Å². The van der Waals surface area contributed by atoms with Crippen molar-refractivity contribution in [3.05, 3.63) is 101 Å². The third kappa shape index (κ3) is 4.79. The van der Waals surface area contributed by atoms with E-state index >= 15 is 0 Å². The van der Waals surface area contributed by atoms with Gasteiger partial charge in [0.05, 0.1) is 32.9 Å². The zero-order valence-corrected chi connectivity index (χ0v) is 22.2. The summed E-state index contributed by atoms with van der Waals surface area (Å²) in [6.07, 6.45) is 3.47. The van der Waals surface area contributed by atoms with Crippen LogP contribution in [0, 0.1) is 10.1 Å². The van der Waals surface area contributed by atoms with Crippen LogP contribution in [-0.4, -0.2) is 34.7 Å². The number of carbonyl (C=O) groups excluding carboxylic acids is 1. The maximum absolute atomic E-state index is 13.9. The van der Waals surface area contributed by atoms with Crippen LogP contribution in [-0.2, 0) is 9.53 Å². The number of thiazole rings is 1. The predicted molar refractivity (Wildman–Crippen MR) is 146 cm³/mol. The molecule has 0 aliphatic carbocycles. The molecule has 3 heterocycles. The SMILES string of the molecule is CC1=C(C(=O)OC(C)C)C(c2ccccc2)n2c(sc(=Cc3cc([N+](=O)[O-])ccc3N3CCCC3)c2=O)=N1. The van der Waals surface area contributed by atoms with Crippen LogP contribution in [0.15, 0.2) is 69.6 Å². The number of carbonyl (C=O) groups is 1. The number of aromatic nitrogens is 1. The smallest absolute Gasteiger partial charge is 0.338 e. The van der Waals surface area contributed by atoms with Crippen molar-refractivity contribution in [1.29, 1.82) is 0 Å². The first kappa shape index (κ1) is 25.6. The average molecular weight is 533 g/mol. The quantitative estimate of drug-likeness (QED) is 0.272. The Morgan fingerprint density at radius 3 is 2.55 bits per heavy atom. The van der Waals surface area contributed by atoms with Crippen molar-refractivity contribution >= 4 is 34.8 Å². The Bertz CT molecular complexity index is 1610.